The molecule has 6 nitrogen and oxygen atoms in total. The van der Waals surface area contributed by atoms with E-state index in [9.17, 15) is 18.8 Å². The van der Waals surface area contributed by atoms with Crippen LogP contribution in [0.1, 0.15) is 23.7 Å². The Kier molecular flexibility index (Phi) is 6.75. The zero-order valence-corrected chi connectivity index (χ0v) is 12.0. The first kappa shape index (κ1) is 17.4. The van der Waals surface area contributed by atoms with E-state index in [2.05, 4.69) is 10.1 Å². The van der Waals surface area contributed by atoms with Gasteiger partial charge in [0.25, 0.3) is 5.91 Å². The van der Waals surface area contributed by atoms with Gasteiger partial charge < -0.3 is 15.8 Å². The molecule has 2 amide bonds. The first-order valence-electron chi connectivity index (χ1n) is 6.63. The van der Waals surface area contributed by atoms with Crippen molar-refractivity contribution < 1.29 is 23.5 Å². The van der Waals surface area contributed by atoms with E-state index in [4.69, 9.17) is 5.73 Å². The number of ether oxygens (including phenoxy) is 1. The summed E-state index contributed by atoms with van der Waals surface area (Å²) in [6.45, 7) is 1.90. The topological polar surface area (TPSA) is 98.5 Å². The Morgan fingerprint density at radius 2 is 2.14 bits per heavy atom. The van der Waals surface area contributed by atoms with Gasteiger partial charge in [-0.15, -0.1) is 0 Å². The summed E-state index contributed by atoms with van der Waals surface area (Å²) in [4.78, 5) is 34.3. The lowest BCUT2D eigenvalue weighted by molar-refractivity contribution is -0.137. The molecule has 3 N–H and O–H groups in total. The van der Waals surface area contributed by atoms with E-state index in [1.54, 1.807) is 6.92 Å². The summed E-state index contributed by atoms with van der Waals surface area (Å²) in [7, 11) is 0. The third kappa shape index (κ3) is 5.74. The molecule has 0 saturated carbocycles. The minimum Gasteiger partial charge on any atom is -0.463 e. The number of carbonyl (C=O) groups excluding carboxylic acids is 3. The number of rotatable bonds is 7. The molecule has 0 saturated heterocycles. The van der Waals surface area contributed by atoms with E-state index in [1.165, 1.54) is 24.3 Å². The highest BCUT2D eigenvalue weighted by atomic mass is 19.1. The number of carbonyl (C=O) groups is 3. The summed E-state index contributed by atoms with van der Waals surface area (Å²) in [5, 5.41) is 2.38. The van der Waals surface area contributed by atoms with Gasteiger partial charge in [-0.05, 0) is 31.5 Å². The molecule has 22 heavy (non-hydrogen) atoms. The van der Waals surface area contributed by atoms with Gasteiger partial charge in [0.1, 0.15) is 11.9 Å². The molecule has 0 aliphatic heterocycles. The van der Waals surface area contributed by atoms with E-state index in [1.807, 2.05) is 0 Å². The van der Waals surface area contributed by atoms with Crippen molar-refractivity contribution >= 4 is 17.8 Å². The summed E-state index contributed by atoms with van der Waals surface area (Å²) < 4.78 is 17.7. The fraction of sp³-hybridized carbons (Fsp3) is 0.267. The molecule has 0 spiro atoms. The molecule has 0 aliphatic carbocycles. The molecule has 1 aromatic rings. The van der Waals surface area contributed by atoms with Gasteiger partial charge in [-0.3, -0.25) is 9.59 Å². The Morgan fingerprint density at radius 3 is 2.73 bits per heavy atom. The van der Waals surface area contributed by atoms with Crippen LogP contribution in [0.5, 0.6) is 0 Å². The average molecular weight is 308 g/mol. The van der Waals surface area contributed by atoms with Gasteiger partial charge in [0, 0.05) is 11.6 Å². The van der Waals surface area contributed by atoms with Crippen LogP contribution in [0.25, 0.3) is 0 Å². The molecule has 1 aromatic carbocycles. The maximum Gasteiger partial charge on any atom is 0.330 e. The maximum atomic E-state index is 13.1. The summed E-state index contributed by atoms with van der Waals surface area (Å²) in [6, 6.07) is 4.02. The van der Waals surface area contributed by atoms with Crippen LogP contribution < -0.4 is 11.1 Å². The van der Waals surface area contributed by atoms with Gasteiger partial charge >= 0.3 is 5.97 Å². The molecule has 1 atom stereocenters. The molecule has 1 rings (SSSR count). The van der Waals surface area contributed by atoms with Crippen molar-refractivity contribution in [3.05, 3.63) is 47.8 Å². The van der Waals surface area contributed by atoms with Crippen LogP contribution in [-0.4, -0.2) is 30.4 Å². The molecule has 0 aromatic heterocycles. The number of amides is 2. The Morgan fingerprint density at radius 1 is 1.41 bits per heavy atom. The van der Waals surface area contributed by atoms with Crippen molar-refractivity contribution in [2.24, 2.45) is 5.73 Å². The average Bonchev–Trinajstić information content (AvgIpc) is 2.46. The normalized spacial score (nSPS) is 11.9. The first-order chi connectivity index (χ1) is 10.4. The zero-order chi connectivity index (χ0) is 16.5. The number of nitrogens with two attached hydrogens (primary N) is 1. The Labute approximate surface area is 127 Å². The van der Waals surface area contributed by atoms with Crippen LogP contribution in [0, 0.1) is 5.82 Å². The second kappa shape index (κ2) is 8.56. The van der Waals surface area contributed by atoms with Gasteiger partial charge in [-0.25, -0.2) is 9.18 Å². The van der Waals surface area contributed by atoms with Crippen molar-refractivity contribution in [1.82, 2.24) is 5.32 Å². The van der Waals surface area contributed by atoms with E-state index >= 15 is 0 Å². The highest BCUT2D eigenvalue weighted by molar-refractivity contribution is 5.97. The van der Waals surface area contributed by atoms with Crippen LogP contribution in [-0.2, 0) is 14.3 Å². The van der Waals surface area contributed by atoms with Crippen LogP contribution in [0.2, 0.25) is 0 Å². The maximum absolute atomic E-state index is 13.1. The van der Waals surface area contributed by atoms with Gasteiger partial charge in [0.15, 0.2) is 0 Å². The third-order valence-electron chi connectivity index (χ3n) is 2.65. The van der Waals surface area contributed by atoms with E-state index in [0.29, 0.717) is 0 Å². The minimum atomic E-state index is -1.01. The molecule has 7 heteroatoms. The molecular weight excluding hydrogens is 291 g/mol. The van der Waals surface area contributed by atoms with Crippen molar-refractivity contribution in [3.8, 4) is 0 Å². The Hall–Kier alpha value is -2.70. The summed E-state index contributed by atoms with van der Waals surface area (Å²) in [5.41, 5.74) is 5.26. The monoisotopic (exact) mass is 308 g/mol. The lowest BCUT2D eigenvalue weighted by atomic mass is 10.1. The number of halogens is 1. The summed E-state index contributed by atoms with van der Waals surface area (Å²) >= 11 is 0. The quantitative estimate of drug-likeness (QED) is 0.578. The van der Waals surface area contributed by atoms with Crippen molar-refractivity contribution in [2.75, 3.05) is 6.61 Å². The van der Waals surface area contributed by atoms with Crippen LogP contribution in [0.3, 0.4) is 0 Å². The largest absolute Gasteiger partial charge is 0.463 e. The second-order valence-corrected chi connectivity index (χ2v) is 4.33. The number of primary amides is 1. The Bertz CT molecular complexity index is 587. The number of benzene rings is 1. The first-order valence-corrected chi connectivity index (χ1v) is 6.63. The van der Waals surface area contributed by atoms with E-state index in [0.717, 1.165) is 12.1 Å². The predicted molar refractivity (Wildman–Crippen MR) is 77.2 cm³/mol. The minimum absolute atomic E-state index is 0.0230. The molecule has 0 unspecified atom stereocenters. The van der Waals surface area contributed by atoms with E-state index in [-0.39, 0.29) is 18.6 Å². The third-order valence-corrected chi connectivity index (χ3v) is 2.65. The van der Waals surface area contributed by atoms with Crippen molar-refractivity contribution in [1.29, 1.82) is 0 Å². The standard InChI is InChI=1S/C15H17FN2O4/c1-2-22-13(19)8-4-7-12(14(17)20)18-15(21)10-5-3-6-11(16)9-10/h3-6,8-9,12H,2,7H2,1H3,(H2,17,20)(H,18,21)/b8-4+/t12-/m0/s1. The number of hydrogen-bond acceptors (Lipinski definition) is 4. The van der Waals surface area contributed by atoms with E-state index < -0.39 is 29.6 Å². The second-order valence-electron chi connectivity index (χ2n) is 4.33. The highest BCUT2D eigenvalue weighted by Crippen LogP contribution is 2.04. The lowest BCUT2D eigenvalue weighted by Gasteiger charge is -2.13. The number of hydrogen-bond donors (Lipinski definition) is 2. The molecule has 0 radical (unpaired) electrons. The lowest BCUT2D eigenvalue weighted by Crippen LogP contribution is -2.44. The fourth-order valence-corrected chi connectivity index (χ4v) is 1.61. The summed E-state index contributed by atoms with van der Waals surface area (Å²) in [5.74, 6) is -2.52. The molecular formula is C15H17FN2O4. The van der Waals surface area contributed by atoms with Gasteiger partial charge in [0.05, 0.1) is 6.61 Å². The predicted octanol–water partition coefficient (Wildman–Crippen LogP) is 0.919. The molecule has 118 valence electrons. The molecule has 0 aliphatic rings. The molecule has 0 bridgehead atoms. The number of nitrogens with one attached hydrogen (secondary N) is 1. The van der Waals surface area contributed by atoms with Crippen molar-refractivity contribution in [2.45, 2.75) is 19.4 Å². The highest BCUT2D eigenvalue weighted by Gasteiger charge is 2.18. The smallest absolute Gasteiger partial charge is 0.330 e. The van der Waals surface area contributed by atoms with Crippen LogP contribution in [0.4, 0.5) is 4.39 Å². The number of esters is 1. The van der Waals surface area contributed by atoms with Gasteiger partial charge in [-0.2, -0.15) is 0 Å². The van der Waals surface area contributed by atoms with Crippen molar-refractivity contribution in [3.63, 3.8) is 0 Å². The van der Waals surface area contributed by atoms with Gasteiger partial charge in [-0.1, -0.05) is 12.1 Å². The van der Waals surface area contributed by atoms with Crippen LogP contribution in [0.15, 0.2) is 36.4 Å². The van der Waals surface area contributed by atoms with Gasteiger partial charge in [0.2, 0.25) is 5.91 Å². The molecule has 0 heterocycles. The zero-order valence-electron chi connectivity index (χ0n) is 12.0. The Balaban J connectivity index is 2.66. The molecule has 0 fully saturated rings. The SMILES string of the molecule is CCOC(=O)/C=C/C[C@H](NC(=O)c1cccc(F)c1)C(N)=O. The van der Waals surface area contributed by atoms with Crippen LogP contribution >= 0.6 is 0 Å². The summed E-state index contributed by atoms with van der Waals surface area (Å²) in [6.07, 6.45) is 2.54. The fourth-order valence-electron chi connectivity index (χ4n) is 1.61.